The van der Waals surface area contributed by atoms with E-state index in [9.17, 15) is 0 Å². The predicted molar refractivity (Wildman–Crippen MR) is 84.0 cm³/mol. The first-order chi connectivity index (χ1) is 10.3. The van der Waals surface area contributed by atoms with E-state index in [4.69, 9.17) is 0 Å². The topological polar surface area (TPSA) is 66.5 Å². The summed E-state index contributed by atoms with van der Waals surface area (Å²) >= 11 is 0. The number of aromatic amines is 1. The van der Waals surface area contributed by atoms with E-state index in [0.29, 0.717) is 11.6 Å². The van der Waals surface area contributed by atoms with Gasteiger partial charge < -0.3 is 5.32 Å². The Morgan fingerprint density at radius 1 is 1.05 bits per heavy atom. The van der Waals surface area contributed by atoms with E-state index in [1.54, 1.807) is 6.20 Å². The van der Waals surface area contributed by atoms with Crippen molar-refractivity contribution in [3.8, 4) is 0 Å². The average molecular weight is 277 g/mol. The summed E-state index contributed by atoms with van der Waals surface area (Å²) in [5, 5.41) is 10.1. The first-order valence-corrected chi connectivity index (χ1v) is 6.65. The Morgan fingerprint density at radius 3 is 2.67 bits per heavy atom. The first kappa shape index (κ1) is 13.1. The minimum atomic E-state index is 0.649. The molecule has 0 radical (unpaired) electrons. The number of hydrogen-bond donors (Lipinski definition) is 2. The summed E-state index contributed by atoms with van der Waals surface area (Å²) < 4.78 is 0. The smallest absolute Gasteiger partial charge is 0.154 e. The van der Waals surface area contributed by atoms with Gasteiger partial charge in [0.25, 0.3) is 0 Å². The Labute approximate surface area is 122 Å². The highest BCUT2D eigenvalue weighted by Gasteiger charge is 2.00. The lowest BCUT2D eigenvalue weighted by Crippen LogP contribution is -1.96. The molecule has 0 amide bonds. The quantitative estimate of drug-likeness (QED) is 0.766. The second-order valence-electron chi connectivity index (χ2n) is 4.61. The minimum absolute atomic E-state index is 0.649. The SMILES string of the molecule is Cc1cc(Nc2ccnc(/C=C/c3ccccc3)n2)n[nH]1. The molecule has 0 unspecified atom stereocenters. The third-order valence-electron chi connectivity index (χ3n) is 2.86. The summed E-state index contributed by atoms with van der Waals surface area (Å²) in [5.74, 6) is 2.10. The van der Waals surface area contributed by atoms with Crippen LogP contribution in [-0.4, -0.2) is 20.2 Å². The third kappa shape index (κ3) is 3.54. The molecule has 0 atom stereocenters. The number of H-pyrrole nitrogens is 1. The molecular formula is C16H15N5. The van der Waals surface area contributed by atoms with E-state index in [1.807, 2.05) is 61.5 Å². The summed E-state index contributed by atoms with van der Waals surface area (Å²) in [5.41, 5.74) is 2.11. The second kappa shape index (κ2) is 6.00. The predicted octanol–water partition coefficient (Wildman–Crippen LogP) is 3.42. The van der Waals surface area contributed by atoms with Crippen LogP contribution in [0, 0.1) is 6.92 Å². The summed E-state index contributed by atoms with van der Waals surface area (Å²) in [6, 6.07) is 13.8. The van der Waals surface area contributed by atoms with Crippen LogP contribution in [0.5, 0.6) is 0 Å². The monoisotopic (exact) mass is 277 g/mol. The maximum absolute atomic E-state index is 4.43. The molecule has 3 aromatic rings. The normalized spacial score (nSPS) is 10.9. The molecule has 0 saturated heterocycles. The van der Waals surface area contributed by atoms with E-state index < -0.39 is 0 Å². The Kier molecular flexibility index (Phi) is 3.73. The number of hydrogen-bond acceptors (Lipinski definition) is 4. The zero-order chi connectivity index (χ0) is 14.5. The molecule has 1 aromatic carbocycles. The highest BCUT2D eigenvalue weighted by molar-refractivity contribution is 5.67. The number of aryl methyl sites for hydroxylation is 1. The van der Waals surface area contributed by atoms with Crippen LogP contribution >= 0.6 is 0 Å². The minimum Gasteiger partial charge on any atom is -0.323 e. The van der Waals surface area contributed by atoms with Gasteiger partial charge in [-0.2, -0.15) is 5.10 Å². The van der Waals surface area contributed by atoms with Crippen LogP contribution in [0.25, 0.3) is 12.2 Å². The van der Waals surface area contributed by atoms with Gasteiger partial charge in [0.1, 0.15) is 5.82 Å². The first-order valence-electron chi connectivity index (χ1n) is 6.65. The van der Waals surface area contributed by atoms with Gasteiger partial charge in [-0.1, -0.05) is 36.4 Å². The molecular weight excluding hydrogens is 262 g/mol. The molecule has 0 saturated carbocycles. The lowest BCUT2D eigenvalue weighted by Gasteiger charge is -2.01. The number of rotatable bonds is 4. The number of anilines is 2. The van der Waals surface area contributed by atoms with Crippen LogP contribution in [-0.2, 0) is 0 Å². The van der Waals surface area contributed by atoms with Crippen molar-refractivity contribution in [2.75, 3.05) is 5.32 Å². The number of aromatic nitrogens is 4. The zero-order valence-corrected chi connectivity index (χ0v) is 11.6. The maximum Gasteiger partial charge on any atom is 0.154 e. The molecule has 104 valence electrons. The van der Waals surface area contributed by atoms with Crippen LogP contribution in [0.2, 0.25) is 0 Å². The van der Waals surface area contributed by atoms with E-state index in [1.165, 1.54) is 0 Å². The fraction of sp³-hybridized carbons (Fsp3) is 0.0625. The Hall–Kier alpha value is -2.95. The van der Waals surface area contributed by atoms with Crippen molar-refractivity contribution < 1.29 is 0 Å². The number of nitrogens with one attached hydrogen (secondary N) is 2. The Morgan fingerprint density at radius 2 is 1.90 bits per heavy atom. The highest BCUT2D eigenvalue weighted by atomic mass is 15.2. The van der Waals surface area contributed by atoms with E-state index in [0.717, 1.165) is 17.1 Å². The van der Waals surface area contributed by atoms with Gasteiger partial charge in [0.05, 0.1) is 0 Å². The summed E-state index contributed by atoms with van der Waals surface area (Å²) in [6.45, 7) is 1.95. The van der Waals surface area contributed by atoms with Gasteiger partial charge in [0, 0.05) is 18.0 Å². The molecule has 0 fully saturated rings. The van der Waals surface area contributed by atoms with Crippen LogP contribution in [0.1, 0.15) is 17.1 Å². The Bertz CT molecular complexity index is 746. The zero-order valence-electron chi connectivity index (χ0n) is 11.6. The summed E-state index contributed by atoms with van der Waals surface area (Å²) in [7, 11) is 0. The van der Waals surface area contributed by atoms with Crippen molar-refractivity contribution in [2.24, 2.45) is 0 Å². The molecule has 0 aliphatic rings. The molecule has 0 aliphatic carbocycles. The number of benzene rings is 1. The highest BCUT2D eigenvalue weighted by Crippen LogP contribution is 2.13. The average Bonchev–Trinajstić information content (AvgIpc) is 2.92. The van der Waals surface area contributed by atoms with E-state index in [2.05, 4.69) is 25.5 Å². The fourth-order valence-corrected chi connectivity index (χ4v) is 1.87. The van der Waals surface area contributed by atoms with Crippen molar-refractivity contribution in [3.05, 3.63) is 65.7 Å². The van der Waals surface area contributed by atoms with E-state index >= 15 is 0 Å². The van der Waals surface area contributed by atoms with Gasteiger partial charge in [0.15, 0.2) is 11.6 Å². The Balaban J connectivity index is 1.75. The molecule has 0 bridgehead atoms. The van der Waals surface area contributed by atoms with Crippen LogP contribution in [0.4, 0.5) is 11.6 Å². The van der Waals surface area contributed by atoms with Crippen molar-refractivity contribution in [3.63, 3.8) is 0 Å². The van der Waals surface area contributed by atoms with Crippen LogP contribution in [0.3, 0.4) is 0 Å². The fourth-order valence-electron chi connectivity index (χ4n) is 1.87. The van der Waals surface area contributed by atoms with Crippen molar-refractivity contribution in [2.45, 2.75) is 6.92 Å². The van der Waals surface area contributed by atoms with Gasteiger partial charge in [-0.3, -0.25) is 5.10 Å². The van der Waals surface area contributed by atoms with Crippen LogP contribution in [0.15, 0.2) is 48.7 Å². The van der Waals surface area contributed by atoms with Crippen molar-refractivity contribution >= 4 is 23.8 Å². The molecule has 0 aliphatic heterocycles. The molecule has 2 heterocycles. The largest absolute Gasteiger partial charge is 0.323 e. The molecule has 21 heavy (non-hydrogen) atoms. The van der Waals surface area contributed by atoms with Gasteiger partial charge >= 0.3 is 0 Å². The molecule has 2 N–H and O–H groups in total. The van der Waals surface area contributed by atoms with Gasteiger partial charge in [-0.25, -0.2) is 9.97 Å². The lowest BCUT2D eigenvalue weighted by atomic mass is 10.2. The van der Waals surface area contributed by atoms with Gasteiger partial charge in [0.2, 0.25) is 0 Å². The summed E-state index contributed by atoms with van der Waals surface area (Å²) in [6.07, 6.45) is 5.59. The number of nitrogens with zero attached hydrogens (tertiary/aromatic N) is 3. The van der Waals surface area contributed by atoms with Gasteiger partial charge in [-0.15, -0.1) is 0 Å². The summed E-state index contributed by atoms with van der Waals surface area (Å²) in [4.78, 5) is 8.66. The molecule has 5 nitrogen and oxygen atoms in total. The molecule has 5 heteroatoms. The third-order valence-corrected chi connectivity index (χ3v) is 2.86. The van der Waals surface area contributed by atoms with Crippen molar-refractivity contribution in [1.29, 1.82) is 0 Å². The molecule has 3 rings (SSSR count). The molecule has 0 spiro atoms. The second-order valence-corrected chi connectivity index (χ2v) is 4.61. The maximum atomic E-state index is 4.43. The van der Waals surface area contributed by atoms with E-state index in [-0.39, 0.29) is 0 Å². The molecule has 2 aromatic heterocycles. The van der Waals surface area contributed by atoms with Gasteiger partial charge in [-0.05, 0) is 24.6 Å². The lowest BCUT2D eigenvalue weighted by molar-refractivity contribution is 1.04. The van der Waals surface area contributed by atoms with Crippen molar-refractivity contribution in [1.82, 2.24) is 20.2 Å². The standard InChI is InChI=1S/C16H15N5/c1-12-11-16(21-20-12)19-15-9-10-17-14(18-15)8-7-13-5-3-2-4-6-13/h2-11H,1H3,(H2,17,18,19,20,21)/b8-7+. The van der Waals surface area contributed by atoms with Crippen LogP contribution < -0.4 is 5.32 Å².